The second kappa shape index (κ2) is 8.05. The van der Waals surface area contributed by atoms with Crippen molar-refractivity contribution in [3.8, 4) is 0 Å². The van der Waals surface area contributed by atoms with E-state index in [9.17, 15) is 4.79 Å². The lowest BCUT2D eigenvalue weighted by Crippen LogP contribution is -2.46. The molecular formula is C21H37N5O. The predicted octanol–water partition coefficient (Wildman–Crippen LogP) is 4.10. The first-order valence-electron chi connectivity index (χ1n) is 9.91. The van der Waals surface area contributed by atoms with Gasteiger partial charge in [-0.2, -0.15) is 5.10 Å². The normalized spacial score (nSPS) is 17.0. The van der Waals surface area contributed by atoms with Gasteiger partial charge in [-0.05, 0) is 40.5 Å². The van der Waals surface area contributed by atoms with E-state index in [1.807, 2.05) is 10.7 Å². The number of carbonyl (C=O) groups is 1. The van der Waals surface area contributed by atoms with Crippen LogP contribution in [0, 0.1) is 0 Å². The van der Waals surface area contributed by atoms with Crippen LogP contribution in [0.25, 0.3) is 0 Å². The van der Waals surface area contributed by atoms with Crippen molar-refractivity contribution in [3.63, 3.8) is 0 Å². The Kier molecular flexibility index (Phi) is 6.40. The van der Waals surface area contributed by atoms with Gasteiger partial charge in [-0.1, -0.05) is 32.9 Å². The summed E-state index contributed by atoms with van der Waals surface area (Å²) in [4.78, 5) is 15.0. The van der Waals surface area contributed by atoms with Gasteiger partial charge >= 0.3 is 6.03 Å². The molecule has 1 aliphatic heterocycles. The first-order valence-corrected chi connectivity index (χ1v) is 9.91. The van der Waals surface area contributed by atoms with Crippen molar-refractivity contribution in [2.75, 3.05) is 25.0 Å². The monoisotopic (exact) mass is 375 g/mol. The zero-order valence-electron chi connectivity index (χ0n) is 18.1. The Hall–Kier alpha value is -1.82. The SMILES string of the molecule is C=C(C)CN1CCC(NC(=O)Nc2cc(C(C)(C)C)nn2C(C)(C)C)CC1. The second-order valence-electron chi connectivity index (χ2n) is 9.85. The van der Waals surface area contributed by atoms with Crippen LogP contribution in [0.5, 0.6) is 0 Å². The van der Waals surface area contributed by atoms with Crippen LogP contribution in [-0.4, -0.2) is 46.4 Å². The maximum Gasteiger partial charge on any atom is 0.320 e. The van der Waals surface area contributed by atoms with E-state index in [-0.39, 0.29) is 23.0 Å². The fourth-order valence-electron chi connectivity index (χ4n) is 3.30. The Morgan fingerprint density at radius 2 is 1.81 bits per heavy atom. The minimum absolute atomic E-state index is 0.0699. The standard InChI is InChI=1S/C21H37N5O/c1-15(2)14-25-11-9-16(10-12-25)22-19(27)23-18-13-17(20(3,4)5)24-26(18)21(6,7)8/h13,16H,1,9-12,14H2,2-8H3,(H2,22,23,27). The Balaban J connectivity index is 2.00. The summed E-state index contributed by atoms with van der Waals surface area (Å²) in [6, 6.07) is 2.04. The Bertz CT molecular complexity index is 670. The van der Waals surface area contributed by atoms with E-state index in [0.29, 0.717) is 0 Å². The molecule has 0 aliphatic carbocycles. The molecule has 0 radical (unpaired) electrons. The number of nitrogens with zero attached hydrogens (tertiary/aromatic N) is 3. The molecule has 0 bridgehead atoms. The fraction of sp³-hybridized carbons (Fsp3) is 0.714. The van der Waals surface area contributed by atoms with Gasteiger partial charge in [0.05, 0.1) is 11.2 Å². The summed E-state index contributed by atoms with van der Waals surface area (Å²) in [6.45, 7) is 21.6. The summed E-state index contributed by atoms with van der Waals surface area (Å²) in [5, 5.41) is 10.9. The third kappa shape index (κ3) is 6.09. The first kappa shape index (κ1) is 21.5. The summed E-state index contributed by atoms with van der Waals surface area (Å²) >= 11 is 0. The molecular weight excluding hydrogens is 338 g/mol. The number of hydrogen-bond acceptors (Lipinski definition) is 3. The fourth-order valence-corrected chi connectivity index (χ4v) is 3.30. The molecule has 1 aliphatic rings. The number of rotatable bonds is 4. The molecule has 1 aromatic heterocycles. The van der Waals surface area contributed by atoms with Crippen molar-refractivity contribution >= 4 is 11.8 Å². The quantitative estimate of drug-likeness (QED) is 0.779. The topological polar surface area (TPSA) is 62.2 Å². The number of piperidine rings is 1. The van der Waals surface area contributed by atoms with Crippen molar-refractivity contribution in [3.05, 3.63) is 23.9 Å². The highest BCUT2D eigenvalue weighted by Gasteiger charge is 2.26. The van der Waals surface area contributed by atoms with Gasteiger partial charge in [0.2, 0.25) is 0 Å². The second-order valence-corrected chi connectivity index (χ2v) is 9.85. The molecule has 1 fully saturated rings. The number of nitrogens with one attached hydrogen (secondary N) is 2. The maximum absolute atomic E-state index is 12.6. The van der Waals surface area contributed by atoms with Crippen LogP contribution < -0.4 is 10.6 Å². The highest BCUT2D eigenvalue weighted by Crippen LogP contribution is 2.28. The zero-order valence-corrected chi connectivity index (χ0v) is 18.1. The summed E-state index contributed by atoms with van der Waals surface area (Å²) in [5.41, 5.74) is 1.88. The third-order valence-corrected chi connectivity index (χ3v) is 4.77. The average Bonchev–Trinajstić information content (AvgIpc) is 2.92. The molecule has 152 valence electrons. The predicted molar refractivity (Wildman–Crippen MR) is 112 cm³/mol. The molecule has 6 nitrogen and oxygen atoms in total. The number of hydrogen-bond donors (Lipinski definition) is 2. The number of aromatic nitrogens is 2. The number of likely N-dealkylation sites (tertiary alicyclic amines) is 1. The molecule has 2 amide bonds. The molecule has 0 spiro atoms. The van der Waals surface area contributed by atoms with Gasteiger partial charge in [0.1, 0.15) is 5.82 Å². The van der Waals surface area contributed by atoms with Crippen LogP contribution in [0.4, 0.5) is 10.6 Å². The Morgan fingerprint density at radius 1 is 1.22 bits per heavy atom. The lowest BCUT2D eigenvalue weighted by atomic mass is 9.92. The zero-order chi connectivity index (χ0) is 20.4. The van der Waals surface area contributed by atoms with E-state index in [1.165, 1.54) is 5.57 Å². The van der Waals surface area contributed by atoms with Gasteiger partial charge in [0.15, 0.2) is 0 Å². The lowest BCUT2D eigenvalue weighted by Gasteiger charge is -2.32. The summed E-state index contributed by atoms with van der Waals surface area (Å²) < 4.78 is 1.91. The molecule has 2 rings (SSSR count). The van der Waals surface area contributed by atoms with Crippen LogP contribution in [0.2, 0.25) is 0 Å². The number of anilines is 1. The van der Waals surface area contributed by atoms with Crippen LogP contribution in [-0.2, 0) is 11.0 Å². The van der Waals surface area contributed by atoms with E-state index >= 15 is 0 Å². The van der Waals surface area contributed by atoms with E-state index < -0.39 is 0 Å². The van der Waals surface area contributed by atoms with E-state index in [4.69, 9.17) is 5.10 Å². The molecule has 0 saturated carbocycles. The molecule has 0 atom stereocenters. The molecule has 0 unspecified atom stereocenters. The van der Waals surface area contributed by atoms with Crippen LogP contribution in [0.15, 0.2) is 18.2 Å². The van der Waals surface area contributed by atoms with Crippen molar-refractivity contribution in [1.29, 1.82) is 0 Å². The first-order chi connectivity index (χ1) is 12.4. The van der Waals surface area contributed by atoms with Crippen LogP contribution in [0.1, 0.15) is 67.0 Å². The summed E-state index contributed by atoms with van der Waals surface area (Å²) in [7, 11) is 0. The minimum atomic E-state index is -0.208. The molecule has 27 heavy (non-hydrogen) atoms. The van der Waals surface area contributed by atoms with Crippen LogP contribution in [0.3, 0.4) is 0 Å². The smallest absolute Gasteiger partial charge is 0.320 e. The number of amides is 2. The molecule has 2 heterocycles. The highest BCUT2D eigenvalue weighted by atomic mass is 16.2. The van der Waals surface area contributed by atoms with E-state index in [2.05, 4.69) is 70.6 Å². The average molecular weight is 376 g/mol. The van der Waals surface area contributed by atoms with Crippen molar-refractivity contribution in [1.82, 2.24) is 20.0 Å². The molecule has 0 aromatic carbocycles. The minimum Gasteiger partial charge on any atom is -0.335 e. The van der Waals surface area contributed by atoms with Gasteiger partial charge in [0.25, 0.3) is 0 Å². The van der Waals surface area contributed by atoms with Gasteiger partial charge in [-0.15, -0.1) is 0 Å². The van der Waals surface area contributed by atoms with Crippen molar-refractivity contribution < 1.29 is 4.79 Å². The summed E-state index contributed by atoms with van der Waals surface area (Å²) in [5.74, 6) is 0.740. The van der Waals surface area contributed by atoms with Gasteiger partial charge in [-0.25, -0.2) is 9.48 Å². The van der Waals surface area contributed by atoms with Gasteiger partial charge < -0.3 is 5.32 Å². The molecule has 1 saturated heterocycles. The van der Waals surface area contributed by atoms with E-state index in [0.717, 1.165) is 44.0 Å². The maximum atomic E-state index is 12.6. The molecule has 6 heteroatoms. The largest absolute Gasteiger partial charge is 0.335 e. The van der Waals surface area contributed by atoms with E-state index in [1.54, 1.807) is 0 Å². The molecule has 2 N–H and O–H groups in total. The summed E-state index contributed by atoms with van der Waals surface area (Å²) in [6.07, 6.45) is 1.93. The third-order valence-electron chi connectivity index (χ3n) is 4.77. The molecule has 1 aromatic rings. The lowest BCUT2D eigenvalue weighted by molar-refractivity contribution is 0.206. The van der Waals surface area contributed by atoms with Gasteiger partial charge in [0, 0.05) is 37.2 Å². The van der Waals surface area contributed by atoms with Crippen molar-refractivity contribution in [2.45, 2.75) is 78.3 Å². The van der Waals surface area contributed by atoms with Crippen LogP contribution >= 0.6 is 0 Å². The Morgan fingerprint density at radius 3 is 2.30 bits per heavy atom. The number of carbonyl (C=O) groups excluding carboxylic acids is 1. The highest BCUT2D eigenvalue weighted by molar-refractivity contribution is 5.88. The Labute approximate surface area is 164 Å². The van der Waals surface area contributed by atoms with Crippen molar-refractivity contribution in [2.24, 2.45) is 0 Å². The van der Waals surface area contributed by atoms with Gasteiger partial charge in [-0.3, -0.25) is 10.2 Å². The number of urea groups is 1.